The lowest BCUT2D eigenvalue weighted by atomic mass is 9.96. The topological polar surface area (TPSA) is 32.3 Å². The standard InChI is InChI=1S/C23H30N2O/c1-2-3-8-19-12-14-22(15-13-19)24-23(26)21-11-7-16-25(18-21)17-20-9-5-4-6-10-20/h4-6,9-10,12-15,21H,2-3,7-8,11,16-18H2,1H3,(H,24,26)/t21-/m0/s1. The number of anilines is 1. The van der Waals surface area contributed by atoms with Crippen molar-refractivity contribution in [2.24, 2.45) is 5.92 Å². The molecule has 3 nitrogen and oxygen atoms in total. The Morgan fingerprint density at radius 2 is 1.85 bits per heavy atom. The second kappa shape index (κ2) is 9.54. The summed E-state index contributed by atoms with van der Waals surface area (Å²) in [5.41, 5.74) is 3.57. The van der Waals surface area contributed by atoms with E-state index in [-0.39, 0.29) is 11.8 Å². The van der Waals surface area contributed by atoms with E-state index in [1.165, 1.54) is 24.0 Å². The lowest BCUT2D eigenvalue weighted by molar-refractivity contribution is -0.121. The number of unbranched alkanes of at least 4 members (excludes halogenated alkanes) is 1. The number of likely N-dealkylation sites (tertiary alicyclic amines) is 1. The Morgan fingerprint density at radius 1 is 1.08 bits per heavy atom. The molecule has 1 saturated heterocycles. The second-order valence-corrected chi connectivity index (χ2v) is 7.35. The van der Waals surface area contributed by atoms with Crippen LogP contribution in [0.4, 0.5) is 5.69 Å². The van der Waals surface area contributed by atoms with Gasteiger partial charge < -0.3 is 5.32 Å². The first-order chi connectivity index (χ1) is 12.7. The Kier molecular flexibility index (Phi) is 6.84. The fourth-order valence-corrected chi connectivity index (χ4v) is 3.63. The van der Waals surface area contributed by atoms with Crippen molar-refractivity contribution in [1.29, 1.82) is 0 Å². The molecule has 1 amide bonds. The first kappa shape index (κ1) is 18.7. The van der Waals surface area contributed by atoms with E-state index in [0.29, 0.717) is 0 Å². The smallest absolute Gasteiger partial charge is 0.228 e. The molecule has 1 fully saturated rings. The van der Waals surface area contributed by atoms with Gasteiger partial charge in [-0.15, -0.1) is 0 Å². The summed E-state index contributed by atoms with van der Waals surface area (Å²) in [6, 6.07) is 18.8. The number of carbonyl (C=O) groups is 1. The second-order valence-electron chi connectivity index (χ2n) is 7.35. The molecular weight excluding hydrogens is 320 g/mol. The predicted molar refractivity (Wildman–Crippen MR) is 108 cm³/mol. The van der Waals surface area contributed by atoms with E-state index in [9.17, 15) is 4.79 Å². The van der Waals surface area contributed by atoms with Crippen molar-refractivity contribution in [2.45, 2.75) is 45.6 Å². The van der Waals surface area contributed by atoms with Crippen molar-refractivity contribution < 1.29 is 4.79 Å². The molecule has 1 aliphatic heterocycles. The normalized spacial score (nSPS) is 17.8. The van der Waals surface area contributed by atoms with Gasteiger partial charge in [0.1, 0.15) is 0 Å². The Balaban J connectivity index is 1.52. The van der Waals surface area contributed by atoms with E-state index < -0.39 is 0 Å². The molecule has 1 N–H and O–H groups in total. The first-order valence-electron chi connectivity index (χ1n) is 9.90. The van der Waals surface area contributed by atoms with Crippen molar-refractivity contribution in [3.05, 3.63) is 65.7 Å². The Bertz CT molecular complexity index is 681. The fraction of sp³-hybridized carbons (Fsp3) is 0.435. The number of hydrogen-bond donors (Lipinski definition) is 1. The zero-order chi connectivity index (χ0) is 18.2. The third kappa shape index (κ3) is 5.43. The summed E-state index contributed by atoms with van der Waals surface area (Å²) in [5, 5.41) is 3.11. The number of aryl methyl sites for hydroxylation is 1. The summed E-state index contributed by atoms with van der Waals surface area (Å²) in [6.07, 6.45) is 5.60. The van der Waals surface area contributed by atoms with Gasteiger partial charge in [0.15, 0.2) is 0 Å². The van der Waals surface area contributed by atoms with Gasteiger partial charge in [0.2, 0.25) is 5.91 Å². The van der Waals surface area contributed by atoms with Crippen molar-refractivity contribution in [1.82, 2.24) is 4.90 Å². The highest BCUT2D eigenvalue weighted by Crippen LogP contribution is 2.21. The summed E-state index contributed by atoms with van der Waals surface area (Å²) in [6.45, 7) is 5.05. The highest BCUT2D eigenvalue weighted by molar-refractivity contribution is 5.92. The van der Waals surface area contributed by atoms with Crippen LogP contribution in [0.2, 0.25) is 0 Å². The van der Waals surface area contributed by atoms with Crippen LogP contribution in [0, 0.1) is 5.92 Å². The molecule has 0 bridgehead atoms. The number of benzene rings is 2. The molecule has 2 aromatic rings. The highest BCUT2D eigenvalue weighted by Gasteiger charge is 2.25. The summed E-state index contributed by atoms with van der Waals surface area (Å²) < 4.78 is 0. The van der Waals surface area contributed by atoms with Crippen LogP contribution in [0.5, 0.6) is 0 Å². The monoisotopic (exact) mass is 350 g/mol. The molecular formula is C23H30N2O. The Hall–Kier alpha value is -2.13. The van der Waals surface area contributed by atoms with E-state index in [0.717, 1.165) is 44.6 Å². The van der Waals surface area contributed by atoms with Crippen molar-refractivity contribution in [3.63, 3.8) is 0 Å². The molecule has 0 aromatic heterocycles. The van der Waals surface area contributed by atoms with Crippen LogP contribution in [0.15, 0.2) is 54.6 Å². The van der Waals surface area contributed by atoms with Crippen LogP contribution in [-0.2, 0) is 17.8 Å². The third-order valence-corrected chi connectivity index (χ3v) is 5.17. The van der Waals surface area contributed by atoms with Crippen LogP contribution >= 0.6 is 0 Å². The molecule has 3 heteroatoms. The maximum atomic E-state index is 12.7. The molecule has 0 aliphatic carbocycles. The number of rotatable bonds is 7. The van der Waals surface area contributed by atoms with Gasteiger partial charge in [0.25, 0.3) is 0 Å². The van der Waals surface area contributed by atoms with Gasteiger partial charge in [-0.25, -0.2) is 0 Å². The highest BCUT2D eigenvalue weighted by atomic mass is 16.1. The lowest BCUT2D eigenvalue weighted by Gasteiger charge is -2.32. The van der Waals surface area contributed by atoms with Crippen molar-refractivity contribution >= 4 is 11.6 Å². The molecule has 1 atom stereocenters. The van der Waals surface area contributed by atoms with Crippen LogP contribution in [-0.4, -0.2) is 23.9 Å². The molecule has 1 heterocycles. The molecule has 26 heavy (non-hydrogen) atoms. The van der Waals surface area contributed by atoms with Crippen LogP contribution in [0.3, 0.4) is 0 Å². The minimum atomic E-state index is 0.0761. The molecule has 0 unspecified atom stereocenters. The van der Waals surface area contributed by atoms with Crippen LogP contribution < -0.4 is 5.32 Å². The third-order valence-electron chi connectivity index (χ3n) is 5.17. The maximum absolute atomic E-state index is 12.7. The Labute approximate surface area is 157 Å². The zero-order valence-electron chi connectivity index (χ0n) is 15.8. The molecule has 0 spiro atoms. The van der Waals surface area contributed by atoms with Gasteiger partial charge in [-0.05, 0) is 55.5 Å². The minimum Gasteiger partial charge on any atom is -0.326 e. The lowest BCUT2D eigenvalue weighted by Crippen LogP contribution is -2.40. The number of amides is 1. The van der Waals surface area contributed by atoms with E-state index >= 15 is 0 Å². The van der Waals surface area contributed by atoms with Gasteiger partial charge in [-0.1, -0.05) is 55.8 Å². The van der Waals surface area contributed by atoms with Gasteiger partial charge >= 0.3 is 0 Å². The number of hydrogen-bond acceptors (Lipinski definition) is 2. The molecule has 0 saturated carbocycles. The molecule has 2 aromatic carbocycles. The Morgan fingerprint density at radius 3 is 2.58 bits per heavy atom. The summed E-state index contributed by atoms with van der Waals surface area (Å²) in [5.74, 6) is 0.233. The van der Waals surface area contributed by atoms with Crippen molar-refractivity contribution in [3.8, 4) is 0 Å². The van der Waals surface area contributed by atoms with Crippen molar-refractivity contribution in [2.75, 3.05) is 18.4 Å². The van der Waals surface area contributed by atoms with Gasteiger partial charge in [-0.2, -0.15) is 0 Å². The minimum absolute atomic E-state index is 0.0761. The van der Waals surface area contributed by atoms with Gasteiger partial charge in [-0.3, -0.25) is 9.69 Å². The summed E-state index contributed by atoms with van der Waals surface area (Å²) >= 11 is 0. The number of piperidine rings is 1. The van der Waals surface area contributed by atoms with E-state index in [4.69, 9.17) is 0 Å². The largest absolute Gasteiger partial charge is 0.326 e. The average Bonchev–Trinajstić information content (AvgIpc) is 2.68. The quantitative estimate of drug-likeness (QED) is 0.772. The fourth-order valence-electron chi connectivity index (χ4n) is 3.63. The van der Waals surface area contributed by atoms with Crippen LogP contribution in [0.25, 0.3) is 0 Å². The maximum Gasteiger partial charge on any atom is 0.228 e. The molecule has 1 aliphatic rings. The van der Waals surface area contributed by atoms with Gasteiger partial charge in [0, 0.05) is 18.8 Å². The average molecular weight is 351 g/mol. The summed E-state index contributed by atoms with van der Waals surface area (Å²) in [4.78, 5) is 15.1. The van der Waals surface area contributed by atoms with E-state index in [2.05, 4.69) is 53.5 Å². The first-order valence-corrected chi connectivity index (χ1v) is 9.90. The molecule has 138 valence electrons. The predicted octanol–water partition coefficient (Wildman–Crippen LogP) is 4.88. The van der Waals surface area contributed by atoms with Crippen LogP contribution in [0.1, 0.15) is 43.7 Å². The zero-order valence-corrected chi connectivity index (χ0v) is 15.8. The van der Waals surface area contributed by atoms with E-state index in [1.807, 2.05) is 18.2 Å². The number of carbonyl (C=O) groups excluding carboxylic acids is 1. The number of nitrogens with zero attached hydrogens (tertiary/aromatic N) is 1. The SMILES string of the molecule is CCCCc1ccc(NC(=O)[C@H]2CCCN(Cc3ccccc3)C2)cc1. The summed E-state index contributed by atoms with van der Waals surface area (Å²) in [7, 11) is 0. The molecule has 3 rings (SSSR count). The molecule has 0 radical (unpaired) electrons. The van der Waals surface area contributed by atoms with E-state index in [1.54, 1.807) is 0 Å². The number of nitrogens with one attached hydrogen (secondary N) is 1. The van der Waals surface area contributed by atoms with Gasteiger partial charge in [0.05, 0.1) is 5.92 Å².